The number of hydrogen-bond donors (Lipinski definition) is 1. The van der Waals surface area contributed by atoms with Gasteiger partial charge in [-0.1, -0.05) is 30.3 Å². The summed E-state index contributed by atoms with van der Waals surface area (Å²) >= 11 is 0. The molecule has 1 N–H and O–H groups in total. The summed E-state index contributed by atoms with van der Waals surface area (Å²) in [6.07, 6.45) is 3.76. The van der Waals surface area contributed by atoms with Gasteiger partial charge in [0, 0.05) is 31.4 Å². The second-order valence-corrected chi connectivity index (χ2v) is 5.29. The summed E-state index contributed by atoms with van der Waals surface area (Å²) < 4.78 is 7.12. The summed E-state index contributed by atoms with van der Waals surface area (Å²) in [5.74, 6) is 0. The standard InChI is InChI=1S/C16H20N4O2/c21-16(19-6-8-22-9-7-19)17-10-15-11-18-20(13-15)12-14-4-2-1-3-5-14/h1-5,11,13H,6-10,12H2,(H,17,21). The van der Waals surface area contributed by atoms with E-state index in [2.05, 4.69) is 22.5 Å². The van der Waals surface area contributed by atoms with E-state index in [9.17, 15) is 4.79 Å². The average Bonchev–Trinajstić information content (AvgIpc) is 3.02. The van der Waals surface area contributed by atoms with E-state index in [1.807, 2.05) is 29.1 Å². The molecule has 0 aliphatic carbocycles. The topological polar surface area (TPSA) is 59.4 Å². The van der Waals surface area contributed by atoms with Gasteiger partial charge in [-0.3, -0.25) is 4.68 Å². The summed E-state index contributed by atoms with van der Waals surface area (Å²) in [7, 11) is 0. The maximum atomic E-state index is 12.0. The highest BCUT2D eigenvalue weighted by Gasteiger charge is 2.16. The van der Waals surface area contributed by atoms with E-state index in [1.54, 1.807) is 11.1 Å². The highest BCUT2D eigenvalue weighted by atomic mass is 16.5. The molecule has 1 aromatic carbocycles. The van der Waals surface area contributed by atoms with Crippen LogP contribution in [0.1, 0.15) is 11.1 Å². The normalized spacial score (nSPS) is 14.8. The number of aromatic nitrogens is 2. The first-order valence-corrected chi connectivity index (χ1v) is 7.47. The number of nitrogens with zero attached hydrogens (tertiary/aromatic N) is 3. The molecular weight excluding hydrogens is 280 g/mol. The van der Waals surface area contributed by atoms with Gasteiger partial charge in [-0.25, -0.2) is 4.79 Å². The molecule has 1 aromatic heterocycles. The van der Waals surface area contributed by atoms with E-state index in [0.29, 0.717) is 32.8 Å². The van der Waals surface area contributed by atoms with Crippen molar-refractivity contribution in [3.8, 4) is 0 Å². The number of amides is 2. The van der Waals surface area contributed by atoms with E-state index in [-0.39, 0.29) is 6.03 Å². The van der Waals surface area contributed by atoms with Gasteiger partial charge in [-0.15, -0.1) is 0 Å². The van der Waals surface area contributed by atoms with Crippen LogP contribution in [0.25, 0.3) is 0 Å². The minimum atomic E-state index is -0.0425. The van der Waals surface area contributed by atoms with Crippen molar-refractivity contribution in [2.45, 2.75) is 13.1 Å². The molecule has 6 heteroatoms. The van der Waals surface area contributed by atoms with Crippen LogP contribution in [0.3, 0.4) is 0 Å². The van der Waals surface area contributed by atoms with Gasteiger partial charge in [0.15, 0.2) is 0 Å². The van der Waals surface area contributed by atoms with E-state index >= 15 is 0 Å². The number of ether oxygens (including phenoxy) is 1. The Kier molecular flexibility index (Phi) is 4.70. The predicted octanol–water partition coefficient (Wildman–Crippen LogP) is 1.47. The Labute approximate surface area is 129 Å². The molecule has 2 amide bonds. The van der Waals surface area contributed by atoms with E-state index in [4.69, 9.17) is 4.74 Å². The fourth-order valence-electron chi connectivity index (χ4n) is 2.41. The largest absolute Gasteiger partial charge is 0.378 e. The minimum absolute atomic E-state index is 0.0425. The highest BCUT2D eigenvalue weighted by molar-refractivity contribution is 5.74. The fourth-order valence-corrected chi connectivity index (χ4v) is 2.41. The number of carbonyl (C=O) groups excluding carboxylic acids is 1. The summed E-state index contributed by atoms with van der Waals surface area (Å²) in [4.78, 5) is 13.8. The quantitative estimate of drug-likeness (QED) is 0.930. The van der Waals surface area contributed by atoms with Crippen molar-refractivity contribution in [2.24, 2.45) is 0 Å². The van der Waals surface area contributed by atoms with Gasteiger partial charge in [0.2, 0.25) is 0 Å². The van der Waals surface area contributed by atoms with Crippen LogP contribution in [0.2, 0.25) is 0 Å². The molecule has 1 fully saturated rings. The molecule has 0 bridgehead atoms. The third kappa shape index (κ3) is 3.85. The van der Waals surface area contributed by atoms with Crippen LogP contribution >= 0.6 is 0 Å². The smallest absolute Gasteiger partial charge is 0.317 e. The van der Waals surface area contributed by atoms with Gasteiger partial charge in [0.1, 0.15) is 0 Å². The molecule has 3 rings (SSSR count). The maximum absolute atomic E-state index is 12.0. The van der Waals surface area contributed by atoms with Crippen LogP contribution in [-0.2, 0) is 17.8 Å². The van der Waals surface area contributed by atoms with Crippen molar-refractivity contribution in [3.05, 3.63) is 53.9 Å². The van der Waals surface area contributed by atoms with E-state index < -0.39 is 0 Å². The highest BCUT2D eigenvalue weighted by Crippen LogP contribution is 2.04. The molecule has 0 spiro atoms. The lowest BCUT2D eigenvalue weighted by atomic mass is 10.2. The van der Waals surface area contributed by atoms with Crippen molar-refractivity contribution in [1.29, 1.82) is 0 Å². The first kappa shape index (κ1) is 14.6. The van der Waals surface area contributed by atoms with Crippen LogP contribution in [0.15, 0.2) is 42.7 Å². The van der Waals surface area contributed by atoms with Crippen molar-refractivity contribution in [2.75, 3.05) is 26.3 Å². The molecule has 1 aliphatic heterocycles. The summed E-state index contributed by atoms with van der Waals surface area (Å²) in [5.41, 5.74) is 2.20. The molecule has 2 aromatic rings. The zero-order chi connectivity index (χ0) is 15.2. The Morgan fingerprint density at radius 3 is 2.73 bits per heavy atom. The molecule has 6 nitrogen and oxygen atoms in total. The Morgan fingerprint density at radius 2 is 1.95 bits per heavy atom. The third-order valence-electron chi connectivity index (χ3n) is 3.62. The van der Waals surface area contributed by atoms with Crippen molar-refractivity contribution in [3.63, 3.8) is 0 Å². The fraction of sp³-hybridized carbons (Fsp3) is 0.375. The average molecular weight is 300 g/mol. The zero-order valence-electron chi connectivity index (χ0n) is 12.4. The van der Waals surface area contributed by atoms with Crippen LogP contribution in [0.5, 0.6) is 0 Å². The van der Waals surface area contributed by atoms with Crippen LogP contribution in [-0.4, -0.2) is 47.0 Å². The first-order chi connectivity index (χ1) is 10.8. The molecule has 116 valence electrons. The van der Waals surface area contributed by atoms with Gasteiger partial charge in [0.25, 0.3) is 0 Å². The van der Waals surface area contributed by atoms with Crippen LogP contribution in [0.4, 0.5) is 4.79 Å². The number of morpholine rings is 1. The molecule has 1 saturated heterocycles. The molecule has 0 saturated carbocycles. The second kappa shape index (κ2) is 7.09. The van der Waals surface area contributed by atoms with Gasteiger partial charge >= 0.3 is 6.03 Å². The number of rotatable bonds is 4. The second-order valence-electron chi connectivity index (χ2n) is 5.29. The van der Waals surface area contributed by atoms with Crippen LogP contribution < -0.4 is 5.32 Å². The monoisotopic (exact) mass is 300 g/mol. The number of benzene rings is 1. The number of carbonyl (C=O) groups is 1. The molecule has 0 radical (unpaired) electrons. The van der Waals surface area contributed by atoms with Gasteiger partial charge in [-0.05, 0) is 5.56 Å². The maximum Gasteiger partial charge on any atom is 0.317 e. The molecular formula is C16H20N4O2. The van der Waals surface area contributed by atoms with Crippen molar-refractivity contribution < 1.29 is 9.53 Å². The Morgan fingerprint density at radius 1 is 1.18 bits per heavy atom. The lowest BCUT2D eigenvalue weighted by Crippen LogP contribution is -2.45. The molecule has 0 atom stereocenters. The summed E-state index contributed by atoms with van der Waals surface area (Å²) in [6.45, 7) is 3.76. The van der Waals surface area contributed by atoms with Gasteiger partial charge < -0.3 is 15.0 Å². The number of urea groups is 1. The molecule has 0 unspecified atom stereocenters. The lowest BCUT2D eigenvalue weighted by Gasteiger charge is -2.26. The SMILES string of the molecule is O=C(NCc1cnn(Cc2ccccc2)c1)N1CCOCC1. The molecule has 22 heavy (non-hydrogen) atoms. The lowest BCUT2D eigenvalue weighted by molar-refractivity contribution is 0.0531. The minimum Gasteiger partial charge on any atom is -0.378 e. The van der Waals surface area contributed by atoms with Gasteiger partial charge in [0.05, 0.1) is 26.0 Å². The van der Waals surface area contributed by atoms with Crippen molar-refractivity contribution >= 4 is 6.03 Å². The van der Waals surface area contributed by atoms with E-state index in [1.165, 1.54) is 5.56 Å². The number of hydrogen-bond acceptors (Lipinski definition) is 3. The predicted molar refractivity (Wildman–Crippen MR) is 82.4 cm³/mol. The van der Waals surface area contributed by atoms with E-state index in [0.717, 1.165) is 12.1 Å². The Balaban J connectivity index is 1.50. The first-order valence-electron chi connectivity index (χ1n) is 7.47. The zero-order valence-corrected chi connectivity index (χ0v) is 12.4. The number of nitrogens with one attached hydrogen (secondary N) is 1. The molecule has 1 aliphatic rings. The molecule has 2 heterocycles. The van der Waals surface area contributed by atoms with Crippen LogP contribution in [0, 0.1) is 0 Å². The Hall–Kier alpha value is -2.34. The Bertz CT molecular complexity index is 606. The van der Waals surface area contributed by atoms with Gasteiger partial charge in [-0.2, -0.15) is 5.10 Å². The van der Waals surface area contributed by atoms with Crippen molar-refractivity contribution in [1.82, 2.24) is 20.0 Å². The summed E-state index contributed by atoms with van der Waals surface area (Å²) in [6, 6.07) is 10.1. The third-order valence-corrected chi connectivity index (χ3v) is 3.62. The summed E-state index contributed by atoms with van der Waals surface area (Å²) in [5, 5.41) is 7.26.